The number of aromatic hydroxyl groups is 1. The molecule has 3 fully saturated rings. The fraction of sp³-hybridized carbons (Fsp3) is 0.484. The lowest BCUT2D eigenvalue weighted by Crippen LogP contribution is -2.79. The molecule has 1 spiro atoms. The minimum atomic E-state index is -4.46. The van der Waals surface area contributed by atoms with Crippen LogP contribution in [-0.2, 0) is 16.4 Å². The van der Waals surface area contributed by atoms with Crippen molar-refractivity contribution in [3.63, 3.8) is 0 Å². The number of aliphatic hydroxyl groups is 1. The number of piperidine rings is 1. The molecule has 3 aliphatic carbocycles. The number of phenolic OH excluding ortho intramolecular Hbond substituents is 1. The Morgan fingerprint density at radius 3 is 2.52 bits per heavy atom. The normalized spacial score (nSPS) is 30.8. The molecule has 0 unspecified atom stereocenters. The molecule has 2 bridgehead atoms. The summed E-state index contributed by atoms with van der Waals surface area (Å²) in [5, 5.41) is 23.3. The first-order chi connectivity index (χ1) is 19.5. The molecule has 2 N–H and O–H groups in total. The van der Waals surface area contributed by atoms with Crippen molar-refractivity contribution in [2.75, 3.05) is 20.1 Å². The van der Waals surface area contributed by atoms with Gasteiger partial charge in [-0.3, -0.25) is 14.5 Å². The van der Waals surface area contributed by atoms with Gasteiger partial charge in [0.2, 0.25) is 0 Å². The van der Waals surface area contributed by atoms with Crippen LogP contribution in [0.4, 0.5) is 13.2 Å². The molecular weight excluding hydrogens is 573 g/mol. The van der Waals surface area contributed by atoms with Gasteiger partial charge in [0.15, 0.2) is 17.3 Å². The maximum Gasteiger partial charge on any atom is 0.416 e. The number of Topliss-reactive ketones (excluding diaryl/α,β-unsaturated/α-hetero) is 1. The van der Waals surface area contributed by atoms with Crippen LogP contribution >= 0.6 is 12.4 Å². The summed E-state index contributed by atoms with van der Waals surface area (Å²) in [4.78, 5) is 30.8. The van der Waals surface area contributed by atoms with Crippen molar-refractivity contribution in [3.8, 4) is 23.3 Å². The number of phenols is 1. The van der Waals surface area contributed by atoms with E-state index in [2.05, 4.69) is 16.7 Å². The summed E-state index contributed by atoms with van der Waals surface area (Å²) in [6.45, 7) is 1.34. The van der Waals surface area contributed by atoms with Crippen LogP contribution in [0.2, 0.25) is 0 Å². The molecule has 42 heavy (non-hydrogen) atoms. The number of benzene rings is 2. The molecule has 222 valence electrons. The van der Waals surface area contributed by atoms with Crippen LogP contribution in [0.15, 0.2) is 36.4 Å². The Hall–Kier alpha value is -3.26. The standard InChI is InChI=1S/C31H29F3N2O5.ClH/c1-35(23(38)11-6-17-4-7-19(8-5-17)31(32,33)34)21-12-13-30(40)27-25(39)20-9-10-22(37)26-24(20)29(30,28(21)41-26)14-15-36(27)16-18-2-3-18;/h4-5,7-10,18,21,27-28,37,40H,2-3,12-16H2,1H3;1H/t21-,27+,28-,29-,30+;/m0./s1. The largest absolute Gasteiger partial charge is 0.504 e. The van der Waals surface area contributed by atoms with Gasteiger partial charge in [0.05, 0.1) is 17.0 Å². The minimum absolute atomic E-state index is 0. The second kappa shape index (κ2) is 9.63. The van der Waals surface area contributed by atoms with E-state index in [0.29, 0.717) is 36.4 Å². The molecule has 11 heteroatoms. The van der Waals surface area contributed by atoms with Gasteiger partial charge in [-0.25, -0.2) is 0 Å². The fourth-order valence-corrected chi connectivity index (χ4v) is 7.80. The van der Waals surface area contributed by atoms with Crippen molar-refractivity contribution in [2.45, 2.75) is 67.5 Å². The monoisotopic (exact) mass is 602 g/mol. The molecule has 7 rings (SSSR count). The number of amides is 1. The summed E-state index contributed by atoms with van der Waals surface area (Å²) in [6.07, 6.45) is -1.85. The van der Waals surface area contributed by atoms with Crippen LogP contribution < -0.4 is 4.74 Å². The summed E-state index contributed by atoms with van der Waals surface area (Å²) >= 11 is 0. The number of carbonyl (C=O) groups is 2. The quantitative estimate of drug-likeness (QED) is 0.518. The lowest BCUT2D eigenvalue weighted by Gasteiger charge is -2.63. The van der Waals surface area contributed by atoms with E-state index >= 15 is 0 Å². The average Bonchev–Trinajstić information content (AvgIpc) is 3.68. The van der Waals surface area contributed by atoms with E-state index in [1.165, 1.54) is 23.1 Å². The predicted molar refractivity (Wildman–Crippen MR) is 148 cm³/mol. The Kier molecular flexibility index (Phi) is 6.61. The van der Waals surface area contributed by atoms with Gasteiger partial charge in [0.1, 0.15) is 17.7 Å². The Morgan fingerprint density at radius 1 is 1.14 bits per heavy atom. The van der Waals surface area contributed by atoms with Gasteiger partial charge in [-0.1, -0.05) is 5.92 Å². The average molecular weight is 603 g/mol. The zero-order valence-corrected chi connectivity index (χ0v) is 23.6. The van der Waals surface area contributed by atoms with Gasteiger partial charge in [-0.2, -0.15) is 13.2 Å². The van der Waals surface area contributed by atoms with Crippen LogP contribution in [0.1, 0.15) is 59.2 Å². The van der Waals surface area contributed by atoms with E-state index in [4.69, 9.17) is 4.74 Å². The molecule has 2 saturated carbocycles. The zero-order valence-electron chi connectivity index (χ0n) is 22.8. The predicted octanol–water partition coefficient (Wildman–Crippen LogP) is 3.92. The second-order valence-electron chi connectivity index (χ2n) is 12.1. The van der Waals surface area contributed by atoms with E-state index < -0.39 is 46.9 Å². The molecule has 2 aromatic carbocycles. The Bertz CT molecular complexity index is 1530. The molecule has 1 saturated heterocycles. The minimum Gasteiger partial charge on any atom is -0.504 e. The van der Waals surface area contributed by atoms with E-state index in [1.807, 2.05) is 0 Å². The number of nitrogens with zero attached hydrogens (tertiary/aromatic N) is 2. The Morgan fingerprint density at radius 2 is 1.86 bits per heavy atom. The van der Waals surface area contributed by atoms with Gasteiger partial charge in [-0.15, -0.1) is 12.4 Å². The molecular formula is C31H30ClF3N2O5. The third-order valence-corrected chi connectivity index (χ3v) is 9.91. The van der Waals surface area contributed by atoms with Crippen molar-refractivity contribution >= 4 is 24.1 Å². The summed E-state index contributed by atoms with van der Waals surface area (Å²) < 4.78 is 45.1. The molecule has 7 nitrogen and oxygen atoms in total. The van der Waals surface area contributed by atoms with Crippen LogP contribution in [0.5, 0.6) is 11.5 Å². The van der Waals surface area contributed by atoms with Gasteiger partial charge < -0.3 is 19.8 Å². The number of alkyl halides is 3. The molecule has 5 atom stereocenters. The smallest absolute Gasteiger partial charge is 0.416 e. The topological polar surface area (TPSA) is 90.3 Å². The van der Waals surface area contributed by atoms with Crippen molar-refractivity contribution in [3.05, 3.63) is 58.7 Å². The number of likely N-dealkylation sites (N-methyl/N-ethyl adjacent to an activating group) is 1. The highest BCUT2D eigenvalue weighted by Gasteiger charge is 2.75. The number of likely N-dealkylation sites (tertiary alicyclic amines) is 1. The summed E-state index contributed by atoms with van der Waals surface area (Å²) in [7, 11) is 1.59. The van der Waals surface area contributed by atoms with E-state index in [-0.39, 0.29) is 41.7 Å². The van der Waals surface area contributed by atoms with Crippen molar-refractivity contribution < 1.29 is 37.7 Å². The first kappa shape index (κ1) is 28.8. The van der Waals surface area contributed by atoms with Crippen LogP contribution in [0, 0.1) is 17.8 Å². The molecule has 5 aliphatic rings. The van der Waals surface area contributed by atoms with Gasteiger partial charge in [-0.05, 0) is 74.4 Å². The molecule has 2 aromatic rings. The van der Waals surface area contributed by atoms with E-state index in [9.17, 15) is 33.0 Å². The number of ketones is 1. The SMILES string of the molecule is CN(C(=O)C#Cc1ccc(C(F)(F)F)cc1)[C@H]1CC[C@@]2(O)[C@H]3C(=O)c4ccc(O)c5c4[C@@]2(CCN3CC2CC2)[C@H]1O5.Cl. The van der Waals surface area contributed by atoms with E-state index in [1.54, 1.807) is 13.1 Å². The summed E-state index contributed by atoms with van der Waals surface area (Å²) in [5.41, 5.74) is -1.96. The molecule has 2 heterocycles. The maximum absolute atomic E-state index is 13.9. The number of carbonyl (C=O) groups excluding carboxylic acids is 2. The fourth-order valence-electron chi connectivity index (χ4n) is 7.80. The van der Waals surface area contributed by atoms with Crippen LogP contribution in [-0.4, -0.2) is 75.6 Å². The lowest BCUT2D eigenvalue weighted by molar-refractivity contribution is -0.187. The zero-order chi connectivity index (χ0) is 28.9. The highest BCUT2D eigenvalue weighted by Crippen LogP contribution is 2.66. The van der Waals surface area contributed by atoms with Crippen molar-refractivity contribution in [1.29, 1.82) is 0 Å². The first-order valence-corrected chi connectivity index (χ1v) is 14.0. The van der Waals surface area contributed by atoms with Crippen molar-refractivity contribution in [1.82, 2.24) is 9.80 Å². The van der Waals surface area contributed by atoms with Gasteiger partial charge >= 0.3 is 6.18 Å². The van der Waals surface area contributed by atoms with Gasteiger partial charge in [0, 0.05) is 42.7 Å². The summed E-state index contributed by atoms with van der Waals surface area (Å²) in [5.74, 6) is 5.08. The maximum atomic E-state index is 13.9. The number of halogens is 4. The third kappa shape index (κ3) is 3.97. The number of hydrogen-bond acceptors (Lipinski definition) is 6. The number of ether oxygens (including phenoxy) is 1. The third-order valence-electron chi connectivity index (χ3n) is 9.91. The number of hydrogen-bond donors (Lipinski definition) is 2. The van der Waals surface area contributed by atoms with Crippen LogP contribution in [0.3, 0.4) is 0 Å². The lowest BCUT2D eigenvalue weighted by atomic mass is 9.48. The molecule has 0 aromatic heterocycles. The number of rotatable bonds is 3. The molecule has 1 amide bonds. The van der Waals surface area contributed by atoms with E-state index in [0.717, 1.165) is 31.5 Å². The highest BCUT2D eigenvalue weighted by molar-refractivity contribution is 6.06. The first-order valence-electron chi connectivity index (χ1n) is 14.0. The summed E-state index contributed by atoms with van der Waals surface area (Å²) in [6, 6.07) is 6.10. The van der Waals surface area contributed by atoms with Crippen molar-refractivity contribution in [2.24, 2.45) is 5.92 Å². The van der Waals surface area contributed by atoms with Crippen LogP contribution in [0.25, 0.3) is 0 Å². The highest BCUT2D eigenvalue weighted by atomic mass is 35.5. The second-order valence-corrected chi connectivity index (χ2v) is 12.1. The molecule has 0 radical (unpaired) electrons. The molecule has 2 aliphatic heterocycles. The Labute approximate surface area is 247 Å². The Balaban J connectivity index is 0.00000316. The van der Waals surface area contributed by atoms with Gasteiger partial charge in [0.25, 0.3) is 5.91 Å².